The number of aromatic nitrogens is 2. The van der Waals surface area contributed by atoms with E-state index < -0.39 is 0 Å². The number of rotatable bonds is 3. The van der Waals surface area contributed by atoms with Gasteiger partial charge in [-0.25, -0.2) is 0 Å². The maximum atomic E-state index is 5.55. The fourth-order valence-corrected chi connectivity index (χ4v) is 1.81. The number of hydrogen-bond acceptors (Lipinski definition) is 4. The number of hydrogen-bond donors (Lipinski definition) is 1. The third-order valence-electron chi connectivity index (χ3n) is 2.68. The van der Waals surface area contributed by atoms with Crippen molar-refractivity contribution >= 4 is 16.6 Å². The van der Waals surface area contributed by atoms with E-state index in [1.807, 2.05) is 31.0 Å². The average molecular weight is 216 g/mol. The van der Waals surface area contributed by atoms with Crippen LogP contribution in [0, 0.1) is 6.92 Å². The van der Waals surface area contributed by atoms with Crippen molar-refractivity contribution < 1.29 is 0 Å². The molecule has 0 fully saturated rings. The van der Waals surface area contributed by atoms with E-state index in [0.29, 0.717) is 6.54 Å². The second kappa shape index (κ2) is 4.45. The molecule has 4 heteroatoms. The van der Waals surface area contributed by atoms with Crippen LogP contribution in [0.4, 0.5) is 5.82 Å². The first-order valence-corrected chi connectivity index (χ1v) is 5.37. The number of likely N-dealkylation sites (N-methyl/N-ethyl adjacent to an activating group) is 1. The molecular formula is C12H16N4. The lowest BCUT2D eigenvalue weighted by atomic mass is 10.1. The zero-order valence-corrected chi connectivity index (χ0v) is 9.64. The van der Waals surface area contributed by atoms with E-state index >= 15 is 0 Å². The lowest BCUT2D eigenvalue weighted by Gasteiger charge is -2.18. The fourth-order valence-electron chi connectivity index (χ4n) is 1.81. The molecule has 2 N–H and O–H groups in total. The molecule has 0 bridgehead atoms. The van der Waals surface area contributed by atoms with E-state index in [0.717, 1.165) is 28.8 Å². The molecule has 0 radical (unpaired) electrons. The van der Waals surface area contributed by atoms with Crippen LogP contribution >= 0.6 is 0 Å². The van der Waals surface area contributed by atoms with Crippen molar-refractivity contribution in [1.29, 1.82) is 0 Å². The molecule has 0 saturated heterocycles. The van der Waals surface area contributed by atoms with Crippen molar-refractivity contribution in [3.8, 4) is 0 Å². The van der Waals surface area contributed by atoms with Crippen LogP contribution in [-0.4, -0.2) is 30.3 Å². The summed E-state index contributed by atoms with van der Waals surface area (Å²) < 4.78 is 0. The van der Waals surface area contributed by atoms with Gasteiger partial charge >= 0.3 is 0 Å². The molecule has 2 aromatic rings. The van der Waals surface area contributed by atoms with Crippen LogP contribution in [-0.2, 0) is 0 Å². The lowest BCUT2D eigenvalue weighted by molar-refractivity contribution is 0.849. The summed E-state index contributed by atoms with van der Waals surface area (Å²) in [5, 5.41) is 10.7. The molecule has 0 spiro atoms. The fraction of sp³-hybridized carbons (Fsp3) is 0.333. The molecule has 0 aliphatic heterocycles. The summed E-state index contributed by atoms with van der Waals surface area (Å²) in [4.78, 5) is 2.04. The van der Waals surface area contributed by atoms with E-state index in [-0.39, 0.29) is 0 Å². The molecule has 0 atom stereocenters. The van der Waals surface area contributed by atoms with E-state index in [2.05, 4.69) is 22.3 Å². The van der Waals surface area contributed by atoms with Crippen LogP contribution in [0.15, 0.2) is 24.3 Å². The number of nitrogens with zero attached hydrogens (tertiary/aromatic N) is 3. The van der Waals surface area contributed by atoms with Crippen LogP contribution in [0.1, 0.15) is 5.69 Å². The van der Waals surface area contributed by atoms with Crippen molar-refractivity contribution in [1.82, 2.24) is 10.2 Å². The van der Waals surface area contributed by atoms with Gasteiger partial charge in [0.05, 0.1) is 5.69 Å². The molecule has 0 amide bonds. The maximum absolute atomic E-state index is 5.55. The summed E-state index contributed by atoms with van der Waals surface area (Å²) in [7, 11) is 1.98. The first kappa shape index (κ1) is 10.8. The number of fused-ring (bicyclic) bond motifs is 1. The van der Waals surface area contributed by atoms with Gasteiger partial charge in [0.25, 0.3) is 0 Å². The Balaban J connectivity index is 2.58. The summed E-state index contributed by atoms with van der Waals surface area (Å²) in [5.74, 6) is 0.895. The minimum absolute atomic E-state index is 0.611. The maximum Gasteiger partial charge on any atom is 0.158 e. The topological polar surface area (TPSA) is 55.0 Å². The van der Waals surface area contributed by atoms with E-state index in [4.69, 9.17) is 5.73 Å². The van der Waals surface area contributed by atoms with Crippen LogP contribution in [0.25, 0.3) is 10.8 Å². The van der Waals surface area contributed by atoms with E-state index in [1.165, 1.54) is 0 Å². The molecule has 1 heterocycles. The van der Waals surface area contributed by atoms with Crippen LogP contribution in [0.2, 0.25) is 0 Å². The van der Waals surface area contributed by atoms with Crippen molar-refractivity contribution in [3.05, 3.63) is 30.0 Å². The monoisotopic (exact) mass is 216 g/mol. The smallest absolute Gasteiger partial charge is 0.158 e. The SMILES string of the molecule is Cc1nnc(N(C)CCN)c2ccccc12. The average Bonchev–Trinajstić information content (AvgIpc) is 2.30. The molecule has 0 unspecified atom stereocenters. The minimum atomic E-state index is 0.611. The molecule has 1 aromatic carbocycles. The predicted octanol–water partition coefficient (Wildman–Crippen LogP) is 1.33. The van der Waals surface area contributed by atoms with Gasteiger partial charge in [-0.1, -0.05) is 24.3 Å². The van der Waals surface area contributed by atoms with Gasteiger partial charge in [0.2, 0.25) is 0 Å². The summed E-state index contributed by atoms with van der Waals surface area (Å²) in [5.41, 5.74) is 6.51. The number of nitrogens with two attached hydrogens (primary N) is 1. The minimum Gasteiger partial charge on any atom is -0.356 e. The molecule has 0 saturated carbocycles. The first-order valence-electron chi connectivity index (χ1n) is 5.37. The molecule has 16 heavy (non-hydrogen) atoms. The largest absolute Gasteiger partial charge is 0.356 e. The zero-order valence-electron chi connectivity index (χ0n) is 9.64. The standard InChI is InChI=1S/C12H16N4/c1-9-10-5-3-4-6-11(10)12(15-14-9)16(2)8-7-13/h3-6H,7-8,13H2,1-2H3. The molecule has 0 aliphatic rings. The van der Waals surface area contributed by atoms with Crippen molar-refractivity contribution in [2.75, 3.05) is 25.0 Å². The van der Waals surface area contributed by atoms with E-state index in [9.17, 15) is 0 Å². The predicted molar refractivity (Wildman–Crippen MR) is 66.6 cm³/mol. The Labute approximate surface area is 95.1 Å². The van der Waals surface area contributed by atoms with Gasteiger partial charge < -0.3 is 10.6 Å². The Bertz CT molecular complexity index is 495. The van der Waals surface area contributed by atoms with Crippen LogP contribution in [0.3, 0.4) is 0 Å². The van der Waals surface area contributed by atoms with Crippen molar-refractivity contribution in [2.24, 2.45) is 5.73 Å². The Hall–Kier alpha value is -1.68. The second-order valence-electron chi connectivity index (χ2n) is 3.86. The Morgan fingerprint density at radius 3 is 2.56 bits per heavy atom. The summed E-state index contributed by atoms with van der Waals surface area (Å²) in [6.07, 6.45) is 0. The Morgan fingerprint density at radius 2 is 1.88 bits per heavy atom. The van der Waals surface area contributed by atoms with Crippen LogP contribution in [0.5, 0.6) is 0 Å². The summed E-state index contributed by atoms with van der Waals surface area (Å²) >= 11 is 0. The quantitative estimate of drug-likeness (QED) is 0.841. The Kier molecular flexibility index (Phi) is 3.01. The van der Waals surface area contributed by atoms with Crippen LogP contribution < -0.4 is 10.6 Å². The zero-order chi connectivity index (χ0) is 11.5. The second-order valence-corrected chi connectivity index (χ2v) is 3.86. The van der Waals surface area contributed by atoms with Crippen molar-refractivity contribution in [2.45, 2.75) is 6.92 Å². The van der Waals surface area contributed by atoms with Gasteiger partial charge in [-0.2, -0.15) is 5.10 Å². The van der Waals surface area contributed by atoms with Gasteiger partial charge in [0.1, 0.15) is 0 Å². The van der Waals surface area contributed by atoms with Gasteiger partial charge in [0, 0.05) is 30.9 Å². The highest BCUT2D eigenvalue weighted by molar-refractivity contribution is 5.93. The molecular weight excluding hydrogens is 200 g/mol. The van der Waals surface area contributed by atoms with E-state index in [1.54, 1.807) is 0 Å². The first-order chi connectivity index (χ1) is 7.74. The molecule has 0 aliphatic carbocycles. The van der Waals surface area contributed by atoms with Gasteiger partial charge in [-0.15, -0.1) is 5.10 Å². The number of benzene rings is 1. The van der Waals surface area contributed by atoms with Gasteiger partial charge in [-0.3, -0.25) is 0 Å². The normalized spacial score (nSPS) is 10.7. The Morgan fingerprint density at radius 1 is 1.19 bits per heavy atom. The third kappa shape index (κ3) is 1.84. The molecule has 4 nitrogen and oxygen atoms in total. The van der Waals surface area contributed by atoms with Gasteiger partial charge in [-0.05, 0) is 6.92 Å². The summed E-state index contributed by atoms with van der Waals surface area (Å²) in [6, 6.07) is 8.17. The highest BCUT2D eigenvalue weighted by atomic mass is 15.2. The molecule has 84 valence electrons. The number of anilines is 1. The number of aryl methyl sites for hydroxylation is 1. The highest BCUT2D eigenvalue weighted by Crippen LogP contribution is 2.24. The van der Waals surface area contributed by atoms with Gasteiger partial charge in [0.15, 0.2) is 5.82 Å². The summed E-state index contributed by atoms with van der Waals surface area (Å²) in [6.45, 7) is 3.37. The lowest BCUT2D eigenvalue weighted by Crippen LogP contribution is -2.26. The highest BCUT2D eigenvalue weighted by Gasteiger charge is 2.09. The third-order valence-corrected chi connectivity index (χ3v) is 2.68. The molecule has 2 rings (SSSR count). The van der Waals surface area contributed by atoms with Crippen molar-refractivity contribution in [3.63, 3.8) is 0 Å². The molecule has 1 aromatic heterocycles.